The Morgan fingerprint density at radius 3 is 2.15 bits per heavy atom. The van der Waals surface area contributed by atoms with Crippen LogP contribution >= 0.6 is 0 Å². The molecular formula is C18H21N3O4S. The third kappa shape index (κ3) is 3.80. The van der Waals surface area contributed by atoms with Gasteiger partial charge in [-0.3, -0.25) is 20.4 Å². The van der Waals surface area contributed by atoms with E-state index in [-0.39, 0.29) is 17.9 Å². The maximum atomic E-state index is 12.2. The lowest BCUT2D eigenvalue weighted by Gasteiger charge is -2.12. The zero-order valence-corrected chi connectivity index (χ0v) is 15.5. The van der Waals surface area contributed by atoms with E-state index >= 15 is 0 Å². The Morgan fingerprint density at radius 2 is 1.62 bits per heavy atom. The summed E-state index contributed by atoms with van der Waals surface area (Å²) in [4.78, 5) is 24.1. The minimum Gasteiger partial charge on any atom is -0.319 e. The summed E-state index contributed by atoms with van der Waals surface area (Å²) in [5, 5.41) is 0. The Bertz CT molecular complexity index is 926. The van der Waals surface area contributed by atoms with Gasteiger partial charge in [-0.2, -0.15) is 0 Å². The summed E-state index contributed by atoms with van der Waals surface area (Å²) in [6.07, 6.45) is 0.286. The van der Waals surface area contributed by atoms with Crippen LogP contribution in [0, 0.1) is 19.8 Å². The second-order valence-corrected chi connectivity index (χ2v) is 8.77. The van der Waals surface area contributed by atoms with Gasteiger partial charge in [-0.25, -0.2) is 8.42 Å². The number of hydrogen-bond donors (Lipinski definition) is 2. The average molecular weight is 375 g/mol. The molecule has 0 aliphatic carbocycles. The van der Waals surface area contributed by atoms with Gasteiger partial charge in [0.25, 0.3) is 5.91 Å². The summed E-state index contributed by atoms with van der Waals surface area (Å²) in [5.74, 6) is -1.69. The molecule has 138 valence electrons. The summed E-state index contributed by atoms with van der Waals surface area (Å²) < 4.78 is 24.9. The molecule has 2 heterocycles. The Kier molecular flexibility index (Phi) is 4.86. The number of amides is 2. The highest BCUT2D eigenvalue weighted by Gasteiger charge is 2.33. The summed E-state index contributed by atoms with van der Waals surface area (Å²) >= 11 is 0. The van der Waals surface area contributed by atoms with Crippen molar-refractivity contribution in [3.8, 4) is 5.69 Å². The first-order valence-corrected chi connectivity index (χ1v) is 10.1. The molecule has 8 heteroatoms. The fraction of sp³-hybridized carbons (Fsp3) is 0.333. The molecule has 1 fully saturated rings. The van der Waals surface area contributed by atoms with E-state index in [2.05, 4.69) is 15.4 Å². The van der Waals surface area contributed by atoms with Crippen LogP contribution in [0.15, 0.2) is 36.4 Å². The minimum absolute atomic E-state index is 0.0126. The topological polar surface area (TPSA) is 97.3 Å². The van der Waals surface area contributed by atoms with E-state index in [0.717, 1.165) is 17.1 Å². The number of rotatable bonds is 3. The quantitative estimate of drug-likeness (QED) is 0.790. The third-order valence-electron chi connectivity index (χ3n) is 4.56. The van der Waals surface area contributed by atoms with E-state index in [0.29, 0.717) is 5.56 Å². The maximum absolute atomic E-state index is 12.2. The van der Waals surface area contributed by atoms with E-state index in [1.165, 1.54) is 0 Å². The molecule has 2 aromatic rings. The smallest absolute Gasteiger partial charge is 0.269 e. The molecule has 26 heavy (non-hydrogen) atoms. The summed E-state index contributed by atoms with van der Waals surface area (Å²) in [6.45, 7) is 4.01. The van der Waals surface area contributed by atoms with Gasteiger partial charge in [0.05, 0.1) is 17.4 Å². The first kappa shape index (κ1) is 18.2. The zero-order chi connectivity index (χ0) is 18.9. The number of aromatic nitrogens is 1. The molecule has 0 unspecified atom stereocenters. The van der Waals surface area contributed by atoms with Gasteiger partial charge in [0.15, 0.2) is 9.84 Å². The Labute approximate surface area is 152 Å². The molecule has 0 spiro atoms. The number of carbonyl (C=O) groups is 2. The normalized spacial score (nSPS) is 18.5. The number of carbonyl (C=O) groups excluding carboxylic acids is 2. The van der Waals surface area contributed by atoms with E-state index in [1.54, 1.807) is 12.1 Å². The van der Waals surface area contributed by atoms with E-state index in [9.17, 15) is 18.0 Å². The molecule has 2 amide bonds. The van der Waals surface area contributed by atoms with Crippen LogP contribution in [-0.4, -0.2) is 36.3 Å². The lowest BCUT2D eigenvalue weighted by atomic mass is 10.1. The fourth-order valence-corrected chi connectivity index (χ4v) is 4.87. The van der Waals surface area contributed by atoms with E-state index < -0.39 is 27.6 Å². The van der Waals surface area contributed by atoms with Crippen LogP contribution in [0.25, 0.3) is 5.69 Å². The monoisotopic (exact) mass is 375 g/mol. The van der Waals surface area contributed by atoms with E-state index in [1.807, 2.05) is 38.1 Å². The SMILES string of the molecule is Cc1ccc(C)n1-c1ccc(C(=O)NNC(=O)[C@@H]2CCS(=O)(=O)C2)cc1. The largest absolute Gasteiger partial charge is 0.319 e. The first-order chi connectivity index (χ1) is 12.3. The maximum Gasteiger partial charge on any atom is 0.269 e. The van der Waals surface area contributed by atoms with Crippen molar-refractivity contribution >= 4 is 21.7 Å². The van der Waals surface area contributed by atoms with Crippen LogP contribution < -0.4 is 10.9 Å². The van der Waals surface area contributed by atoms with Gasteiger partial charge in [-0.05, 0) is 56.7 Å². The lowest BCUT2D eigenvalue weighted by Crippen LogP contribution is -2.44. The standard InChI is InChI=1S/C18H21N3O4S/c1-12-3-4-13(2)21(12)16-7-5-14(6-8-16)17(22)19-20-18(23)15-9-10-26(24,25)11-15/h3-8,15H,9-11H2,1-2H3,(H,19,22)(H,20,23)/t15-/m1/s1. The predicted molar refractivity (Wildman–Crippen MR) is 97.6 cm³/mol. The highest BCUT2D eigenvalue weighted by atomic mass is 32.2. The van der Waals surface area contributed by atoms with Crippen molar-refractivity contribution in [3.05, 3.63) is 53.3 Å². The van der Waals surface area contributed by atoms with Crippen molar-refractivity contribution in [1.82, 2.24) is 15.4 Å². The summed E-state index contributed by atoms with van der Waals surface area (Å²) in [5.41, 5.74) is 8.19. The van der Waals surface area contributed by atoms with Crippen molar-refractivity contribution in [2.75, 3.05) is 11.5 Å². The zero-order valence-electron chi connectivity index (χ0n) is 14.7. The van der Waals surface area contributed by atoms with Gasteiger partial charge < -0.3 is 4.57 Å². The van der Waals surface area contributed by atoms with Gasteiger partial charge >= 0.3 is 0 Å². The number of nitrogens with zero attached hydrogens (tertiary/aromatic N) is 1. The molecule has 2 N–H and O–H groups in total. The van der Waals surface area contributed by atoms with Gasteiger partial charge in [0.1, 0.15) is 0 Å². The van der Waals surface area contributed by atoms with Crippen molar-refractivity contribution < 1.29 is 18.0 Å². The van der Waals surface area contributed by atoms with Crippen LogP contribution in [0.2, 0.25) is 0 Å². The van der Waals surface area contributed by atoms with Crippen molar-refractivity contribution in [3.63, 3.8) is 0 Å². The van der Waals surface area contributed by atoms with E-state index in [4.69, 9.17) is 0 Å². The van der Waals surface area contributed by atoms with Gasteiger partial charge in [0, 0.05) is 22.6 Å². The van der Waals surface area contributed by atoms with Crippen molar-refractivity contribution in [1.29, 1.82) is 0 Å². The van der Waals surface area contributed by atoms with Crippen LogP contribution in [0.3, 0.4) is 0 Å². The fourth-order valence-electron chi connectivity index (χ4n) is 3.13. The second kappa shape index (κ2) is 6.95. The number of sulfone groups is 1. The molecule has 1 aromatic heterocycles. The number of hydrazine groups is 1. The molecule has 7 nitrogen and oxygen atoms in total. The first-order valence-electron chi connectivity index (χ1n) is 8.33. The Balaban J connectivity index is 1.61. The molecule has 1 aliphatic heterocycles. The highest BCUT2D eigenvalue weighted by molar-refractivity contribution is 7.91. The van der Waals surface area contributed by atoms with Gasteiger partial charge in [-0.1, -0.05) is 0 Å². The molecular weight excluding hydrogens is 354 g/mol. The minimum atomic E-state index is -3.14. The van der Waals surface area contributed by atoms with Crippen LogP contribution in [0.5, 0.6) is 0 Å². The number of nitrogens with one attached hydrogen (secondary N) is 2. The summed E-state index contributed by atoms with van der Waals surface area (Å²) in [7, 11) is -3.14. The number of hydrogen-bond acceptors (Lipinski definition) is 4. The molecule has 0 saturated carbocycles. The third-order valence-corrected chi connectivity index (χ3v) is 6.33. The Hall–Kier alpha value is -2.61. The molecule has 0 radical (unpaired) electrons. The average Bonchev–Trinajstić information content (AvgIpc) is 3.14. The van der Waals surface area contributed by atoms with Crippen molar-refractivity contribution in [2.45, 2.75) is 20.3 Å². The Morgan fingerprint density at radius 1 is 1.00 bits per heavy atom. The number of benzene rings is 1. The molecule has 1 aliphatic rings. The lowest BCUT2D eigenvalue weighted by molar-refractivity contribution is -0.125. The number of aryl methyl sites for hydroxylation is 2. The molecule has 0 bridgehead atoms. The van der Waals surface area contributed by atoms with Crippen molar-refractivity contribution in [2.24, 2.45) is 5.92 Å². The van der Waals surface area contributed by atoms with Crippen LogP contribution in [0.1, 0.15) is 28.2 Å². The second-order valence-electron chi connectivity index (χ2n) is 6.54. The summed E-state index contributed by atoms with van der Waals surface area (Å²) in [6, 6.07) is 11.1. The molecule has 1 atom stereocenters. The molecule has 3 rings (SSSR count). The molecule has 1 saturated heterocycles. The van der Waals surface area contributed by atoms with Crippen LogP contribution in [-0.2, 0) is 14.6 Å². The highest BCUT2D eigenvalue weighted by Crippen LogP contribution is 2.18. The molecule has 1 aromatic carbocycles. The van der Waals surface area contributed by atoms with Gasteiger partial charge in [0.2, 0.25) is 5.91 Å². The predicted octanol–water partition coefficient (Wildman–Crippen LogP) is 1.29. The van der Waals surface area contributed by atoms with Crippen LogP contribution in [0.4, 0.5) is 0 Å². The van der Waals surface area contributed by atoms with Gasteiger partial charge in [-0.15, -0.1) is 0 Å².